The smallest absolute Gasteiger partial charge is 0.335 e. The number of ether oxygens (including phenoxy) is 3. The van der Waals surface area contributed by atoms with Crippen LogP contribution in [-0.2, 0) is 14.6 Å². The van der Waals surface area contributed by atoms with Crippen LogP contribution < -0.4 is 9.47 Å². The van der Waals surface area contributed by atoms with Gasteiger partial charge in [-0.15, -0.1) is 0 Å². The number of hydrogen-bond acceptors (Lipinski definition) is 6. The van der Waals surface area contributed by atoms with Crippen molar-refractivity contribution in [1.29, 1.82) is 0 Å². The maximum absolute atomic E-state index is 11.5. The largest absolute Gasteiger partial charge is 0.491 e. The number of rotatable bonds is 9. The normalized spacial score (nSPS) is 11.2. The summed E-state index contributed by atoms with van der Waals surface area (Å²) in [5, 5.41) is 9.23. The van der Waals surface area contributed by atoms with Crippen LogP contribution in [0.5, 0.6) is 17.2 Å². The van der Waals surface area contributed by atoms with Crippen LogP contribution in [0, 0.1) is 0 Å². The summed E-state index contributed by atoms with van der Waals surface area (Å²) in [5.74, 6) is -0.131. The molecule has 0 radical (unpaired) electrons. The zero-order valence-electron chi connectivity index (χ0n) is 14.5. The molecule has 0 spiro atoms. The average Bonchev–Trinajstić information content (AvgIpc) is 2.58. The van der Waals surface area contributed by atoms with Crippen LogP contribution in [0.2, 0.25) is 0 Å². The Kier molecular flexibility index (Phi) is 6.59. The maximum atomic E-state index is 11.5. The molecule has 0 aliphatic heterocycles. The van der Waals surface area contributed by atoms with E-state index in [-0.39, 0.29) is 22.8 Å². The molecule has 0 atom stereocenters. The lowest BCUT2D eigenvalue weighted by Gasteiger charge is -2.11. The van der Waals surface area contributed by atoms with Gasteiger partial charge in [-0.25, -0.2) is 13.2 Å². The monoisotopic (exact) mass is 380 g/mol. The molecule has 0 saturated heterocycles. The molecule has 2 rings (SSSR count). The molecular formula is C18H20O7S. The number of carboxylic acids is 1. The first-order chi connectivity index (χ1) is 12.3. The predicted octanol–water partition coefficient (Wildman–Crippen LogP) is 3.00. The summed E-state index contributed by atoms with van der Waals surface area (Å²) >= 11 is 0. The number of hydrogen-bond donors (Lipinski definition) is 1. The highest BCUT2D eigenvalue weighted by atomic mass is 32.2. The molecule has 0 fully saturated rings. The van der Waals surface area contributed by atoms with Gasteiger partial charge in [-0.1, -0.05) is 0 Å². The third-order valence-corrected chi connectivity index (χ3v) is 4.44. The molecule has 0 amide bonds. The van der Waals surface area contributed by atoms with Gasteiger partial charge in [0.15, 0.2) is 9.84 Å². The highest BCUT2D eigenvalue weighted by molar-refractivity contribution is 7.90. The van der Waals surface area contributed by atoms with Gasteiger partial charge in [0, 0.05) is 18.9 Å². The molecule has 0 bridgehead atoms. The van der Waals surface area contributed by atoms with Gasteiger partial charge >= 0.3 is 5.97 Å². The van der Waals surface area contributed by atoms with Crippen molar-refractivity contribution in [1.82, 2.24) is 0 Å². The van der Waals surface area contributed by atoms with Crippen LogP contribution in [0.25, 0.3) is 0 Å². The van der Waals surface area contributed by atoms with Crippen LogP contribution in [0.15, 0.2) is 47.4 Å². The lowest BCUT2D eigenvalue weighted by Crippen LogP contribution is -2.07. The fourth-order valence-electron chi connectivity index (χ4n) is 2.09. The van der Waals surface area contributed by atoms with Gasteiger partial charge in [0.25, 0.3) is 0 Å². The van der Waals surface area contributed by atoms with Gasteiger partial charge in [-0.05, 0) is 43.3 Å². The molecule has 26 heavy (non-hydrogen) atoms. The molecule has 2 aromatic carbocycles. The molecule has 7 nitrogen and oxygen atoms in total. The molecular weight excluding hydrogens is 360 g/mol. The van der Waals surface area contributed by atoms with Crippen LogP contribution in [-0.4, -0.2) is 45.6 Å². The Balaban J connectivity index is 2.19. The topological polar surface area (TPSA) is 99.1 Å². The zero-order valence-corrected chi connectivity index (χ0v) is 15.3. The van der Waals surface area contributed by atoms with Gasteiger partial charge in [-0.2, -0.15) is 0 Å². The quantitative estimate of drug-likeness (QED) is 0.668. The number of carbonyl (C=O) groups is 1. The Bertz CT molecular complexity index is 858. The molecule has 8 heteroatoms. The Hall–Kier alpha value is -2.58. The first kappa shape index (κ1) is 19.7. The van der Waals surface area contributed by atoms with Crippen molar-refractivity contribution in [2.45, 2.75) is 11.8 Å². The second-order valence-corrected chi connectivity index (χ2v) is 7.40. The Morgan fingerprint density at radius 3 is 2.23 bits per heavy atom. The zero-order chi connectivity index (χ0) is 19.2. The molecule has 0 aliphatic carbocycles. The molecule has 1 N–H and O–H groups in total. The summed E-state index contributed by atoms with van der Waals surface area (Å²) in [4.78, 5) is 11.5. The average molecular weight is 380 g/mol. The number of sulfone groups is 1. The van der Waals surface area contributed by atoms with Crippen molar-refractivity contribution >= 4 is 15.8 Å². The van der Waals surface area contributed by atoms with Gasteiger partial charge in [0.05, 0.1) is 17.1 Å². The standard InChI is InChI=1S/C18H20O7S/c1-3-23-8-9-24-15-10-13(18(19)20)11-16(12-15)25-14-4-6-17(7-5-14)26(2,21)22/h4-7,10-12H,3,8-9H2,1-2H3,(H,19,20). The molecule has 0 aromatic heterocycles. The third kappa shape index (κ3) is 5.75. The fourth-order valence-corrected chi connectivity index (χ4v) is 2.72. The van der Waals surface area contributed by atoms with Gasteiger partial charge in [-0.3, -0.25) is 0 Å². The lowest BCUT2D eigenvalue weighted by molar-refractivity contribution is 0.0695. The van der Waals surface area contributed by atoms with Gasteiger partial charge in [0.1, 0.15) is 23.9 Å². The highest BCUT2D eigenvalue weighted by Crippen LogP contribution is 2.28. The van der Waals surface area contributed by atoms with E-state index in [0.717, 1.165) is 6.26 Å². The molecule has 0 heterocycles. The van der Waals surface area contributed by atoms with Crippen molar-refractivity contribution in [3.63, 3.8) is 0 Å². The summed E-state index contributed by atoms with van der Waals surface area (Å²) in [6.07, 6.45) is 1.12. The van der Waals surface area contributed by atoms with E-state index in [1.54, 1.807) is 6.07 Å². The van der Waals surface area contributed by atoms with Crippen LogP contribution >= 0.6 is 0 Å². The van der Waals surface area contributed by atoms with E-state index in [1.165, 1.54) is 36.4 Å². The van der Waals surface area contributed by atoms with Crippen LogP contribution in [0.1, 0.15) is 17.3 Å². The minimum atomic E-state index is -3.30. The van der Waals surface area contributed by atoms with Gasteiger partial charge in [0.2, 0.25) is 0 Å². The first-order valence-corrected chi connectivity index (χ1v) is 9.75. The Labute approximate surface area is 152 Å². The van der Waals surface area contributed by atoms with E-state index in [4.69, 9.17) is 14.2 Å². The summed E-state index contributed by atoms with van der Waals surface area (Å²) in [6.45, 7) is 3.10. The summed E-state index contributed by atoms with van der Waals surface area (Å²) < 4.78 is 39.3. The summed E-state index contributed by atoms with van der Waals surface area (Å²) in [5.41, 5.74) is 0.0154. The highest BCUT2D eigenvalue weighted by Gasteiger charge is 2.11. The van der Waals surface area contributed by atoms with E-state index in [0.29, 0.717) is 24.7 Å². The molecule has 140 valence electrons. The number of aromatic carboxylic acids is 1. The maximum Gasteiger partial charge on any atom is 0.335 e. The summed E-state index contributed by atoms with van der Waals surface area (Å²) in [7, 11) is -3.30. The molecule has 2 aromatic rings. The third-order valence-electron chi connectivity index (χ3n) is 3.32. The number of carboxylic acid groups (broad SMARTS) is 1. The van der Waals surface area contributed by atoms with Crippen LogP contribution in [0.3, 0.4) is 0 Å². The predicted molar refractivity (Wildman–Crippen MR) is 95.0 cm³/mol. The second-order valence-electron chi connectivity index (χ2n) is 5.39. The molecule has 0 unspecified atom stereocenters. The fraction of sp³-hybridized carbons (Fsp3) is 0.278. The van der Waals surface area contributed by atoms with E-state index < -0.39 is 15.8 Å². The van der Waals surface area contributed by atoms with Crippen LogP contribution in [0.4, 0.5) is 0 Å². The summed E-state index contributed by atoms with van der Waals surface area (Å²) in [6, 6.07) is 10.2. The van der Waals surface area contributed by atoms with E-state index in [9.17, 15) is 18.3 Å². The molecule has 0 aliphatic rings. The second kappa shape index (κ2) is 8.68. The first-order valence-electron chi connectivity index (χ1n) is 7.86. The van der Waals surface area contributed by atoms with E-state index in [1.807, 2.05) is 6.92 Å². The van der Waals surface area contributed by atoms with E-state index >= 15 is 0 Å². The molecule has 0 saturated carbocycles. The van der Waals surface area contributed by atoms with Crippen molar-refractivity contribution < 1.29 is 32.5 Å². The van der Waals surface area contributed by atoms with Crippen molar-refractivity contribution in [2.75, 3.05) is 26.1 Å². The number of benzene rings is 2. The van der Waals surface area contributed by atoms with Crippen molar-refractivity contribution in [3.8, 4) is 17.2 Å². The van der Waals surface area contributed by atoms with Crippen molar-refractivity contribution in [2.24, 2.45) is 0 Å². The minimum Gasteiger partial charge on any atom is -0.491 e. The van der Waals surface area contributed by atoms with Gasteiger partial charge < -0.3 is 19.3 Å². The van der Waals surface area contributed by atoms with Crippen molar-refractivity contribution in [3.05, 3.63) is 48.0 Å². The lowest BCUT2D eigenvalue weighted by atomic mass is 10.2. The Morgan fingerprint density at radius 1 is 1.00 bits per heavy atom. The Morgan fingerprint density at radius 2 is 1.65 bits per heavy atom. The van der Waals surface area contributed by atoms with E-state index in [2.05, 4.69) is 0 Å². The SMILES string of the molecule is CCOCCOc1cc(Oc2ccc(S(C)(=O)=O)cc2)cc(C(=O)O)c1. The minimum absolute atomic E-state index is 0.0154.